The first-order valence-corrected chi connectivity index (χ1v) is 14.1. The van der Waals surface area contributed by atoms with Crippen molar-refractivity contribution in [1.82, 2.24) is 24.6 Å². The van der Waals surface area contributed by atoms with Gasteiger partial charge in [-0.15, -0.1) is 0 Å². The van der Waals surface area contributed by atoms with Crippen molar-refractivity contribution in [3.8, 4) is 11.6 Å². The van der Waals surface area contributed by atoms with E-state index in [-0.39, 0.29) is 11.3 Å². The second kappa shape index (κ2) is 11.9. The number of aromatic nitrogens is 4. The SMILES string of the molecule is C=CC(=O)Nc1cc(Nc2ncc(C)c(-n3cc(CN4CCC4)c(C(C)(C)C)n3)n2)c(OC)cc1N1CCOCC1. The summed E-state index contributed by atoms with van der Waals surface area (Å²) >= 11 is 0. The van der Waals surface area contributed by atoms with Gasteiger partial charge >= 0.3 is 0 Å². The van der Waals surface area contributed by atoms with Crippen molar-refractivity contribution in [2.75, 3.05) is 62.0 Å². The number of carbonyl (C=O) groups is 1. The lowest BCUT2D eigenvalue weighted by Crippen LogP contribution is -2.36. The van der Waals surface area contributed by atoms with Gasteiger partial charge in [0.15, 0.2) is 5.82 Å². The van der Waals surface area contributed by atoms with Gasteiger partial charge in [-0.3, -0.25) is 9.69 Å². The Morgan fingerprint density at radius 1 is 1.17 bits per heavy atom. The molecular weight excluding hydrogens is 520 g/mol. The third kappa shape index (κ3) is 6.36. The molecule has 3 aromatic rings. The number of methoxy groups -OCH3 is 1. The van der Waals surface area contributed by atoms with E-state index in [0.717, 1.165) is 36.6 Å². The van der Waals surface area contributed by atoms with Crippen molar-refractivity contribution in [2.45, 2.75) is 46.1 Å². The predicted octanol–water partition coefficient (Wildman–Crippen LogP) is 4.19. The van der Waals surface area contributed by atoms with Crippen molar-refractivity contribution in [3.63, 3.8) is 0 Å². The number of anilines is 4. The van der Waals surface area contributed by atoms with Crippen LogP contribution >= 0.6 is 0 Å². The van der Waals surface area contributed by atoms with Gasteiger partial charge in [0.2, 0.25) is 11.9 Å². The number of nitrogens with zero attached hydrogens (tertiary/aromatic N) is 6. The standard InChI is InChI=1S/C30H40N8O3/c1-7-26(39)32-22-15-23(25(40-6)16-24(22)37-11-13-41-14-12-37)33-29-31-17-20(2)28(34-29)38-19-21(18-36-9-8-10-36)27(35-38)30(3,4)5/h7,15-17,19H,1,8-14,18H2,2-6H3,(H,32,39)(H,31,33,34). The number of nitrogens with one attached hydrogen (secondary N) is 2. The first-order valence-electron chi connectivity index (χ1n) is 14.1. The van der Waals surface area contributed by atoms with Crippen LogP contribution in [0.3, 0.4) is 0 Å². The molecule has 11 heteroatoms. The normalized spacial score (nSPS) is 15.8. The zero-order chi connectivity index (χ0) is 29.1. The molecule has 0 atom stereocenters. The summed E-state index contributed by atoms with van der Waals surface area (Å²) in [6, 6.07) is 3.75. The molecule has 2 aromatic heterocycles. The largest absolute Gasteiger partial charge is 0.494 e. The molecule has 2 N–H and O–H groups in total. The molecule has 0 spiro atoms. The minimum absolute atomic E-state index is 0.102. The number of rotatable bonds is 9. The summed E-state index contributed by atoms with van der Waals surface area (Å²) in [5.74, 6) is 1.39. The average Bonchev–Trinajstić information content (AvgIpc) is 3.37. The Balaban J connectivity index is 1.49. The number of hydrogen-bond donors (Lipinski definition) is 2. The van der Waals surface area contributed by atoms with Gasteiger partial charge in [-0.2, -0.15) is 10.1 Å². The van der Waals surface area contributed by atoms with Gasteiger partial charge in [0, 0.05) is 54.6 Å². The van der Waals surface area contributed by atoms with Gasteiger partial charge in [-0.1, -0.05) is 27.4 Å². The zero-order valence-electron chi connectivity index (χ0n) is 24.7. The fourth-order valence-electron chi connectivity index (χ4n) is 5.08. The van der Waals surface area contributed by atoms with Gasteiger partial charge in [0.05, 0.1) is 43.1 Å². The summed E-state index contributed by atoms with van der Waals surface area (Å²) in [5.41, 5.74) is 5.18. The zero-order valence-corrected chi connectivity index (χ0v) is 24.7. The number of aryl methyl sites for hydroxylation is 1. The van der Waals surface area contributed by atoms with E-state index in [9.17, 15) is 4.79 Å². The molecule has 0 unspecified atom stereocenters. The van der Waals surface area contributed by atoms with Crippen LogP contribution in [0, 0.1) is 6.92 Å². The molecule has 218 valence electrons. The maximum atomic E-state index is 12.3. The van der Waals surface area contributed by atoms with E-state index in [0.29, 0.717) is 55.2 Å². The van der Waals surface area contributed by atoms with Crippen LogP contribution in [-0.4, -0.2) is 77.1 Å². The minimum atomic E-state index is -0.299. The summed E-state index contributed by atoms with van der Waals surface area (Å²) in [7, 11) is 1.62. The Morgan fingerprint density at radius 2 is 1.93 bits per heavy atom. The number of likely N-dealkylation sites (tertiary alicyclic amines) is 1. The third-order valence-electron chi connectivity index (χ3n) is 7.36. The Kier molecular flexibility index (Phi) is 8.27. The first-order chi connectivity index (χ1) is 19.7. The monoisotopic (exact) mass is 560 g/mol. The molecule has 2 aliphatic heterocycles. The number of carbonyl (C=O) groups excluding carboxylic acids is 1. The molecule has 2 aliphatic rings. The fraction of sp³-hybridized carbons (Fsp3) is 0.467. The van der Waals surface area contributed by atoms with E-state index in [4.69, 9.17) is 19.6 Å². The first kappa shape index (κ1) is 28.6. The van der Waals surface area contributed by atoms with Gasteiger partial charge in [0.1, 0.15) is 5.75 Å². The van der Waals surface area contributed by atoms with Crippen LogP contribution in [0.4, 0.5) is 23.0 Å². The highest BCUT2D eigenvalue weighted by Crippen LogP contribution is 2.38. The quantitative estimate of drug-likeness (QED) is 0.372. The predicted molar refractivity (Wildman–Crippen MR) is 161 cm³/mol. The lowest BCUT2D eigenvalue weighted by molar-refractivity contribution is -0.111. The lowest BCUT2D eigenvalue weighted by Gasteiger charge is -2.31. The van der Waals surface area contributed by atoms with E-state index >= 15 is 0 Å². The van der Waals surface area contributed by atoms with Crippen LogP contribution in [-0.2, 0) is 21.5 Å². The lowest BCUT2D eigenvalue weighted by atomic mass is 9.89. The number of amides is 1. The van der Waals surface area contributed by atoms with Gasteiger partial charge in [0.25, 0.3) is 0 Å². The van der Waals surface area contributed by atoms with Crippen LogP contribution in [0.2, 0.25) is 0 Å². The Labute approximate surface area is 241 Å². The van der Waals surface area contributed by atoms with Crippen molar-refractivity contribution in [1.29, 1.82) is 0 Å². The van der Waals surface area contributed by atoms with Crippen molar-refractivity contribution in [3.05, 3.63) is 54.0 Å². The molecular formula is C30H40N8O3. The minimum Gasteiger partial charge on any atom is -0.494 e. The highest BCUT2D eigenvalue weighted by Gasteiger charge is 2.26. The molecule has 2 fully saturated rings. The molecule has 1 amide bonds. The van der Waals surface area contributed by atoms with E-state index in [1.165, 1.54) is 18.1 Å². The molecule has 0 saturated carbocycles. The van der Waals surface area contributed by atoms with Crippen molar-refractivity contribution < 1.29 is 14.3 Å². The van der Waals surface area contributed by atoms with Crippen molar-refractivity contribution in [2.24, 2.45) is 0 Å². The molecule has 0 bridgehead atoms. The highest BCUT2D eigenvalue weighted by molar-refractivity contribution is 6.02. The molecule has 0 radical (unpaired) electrons. The van der Waals surface area contributed by atoms with Gasteiger partial charge < -0.3 is 25.0 Å². The fourth-order valence-corrected chi connectivity index (χ4v) is 5.08. The van der Waals surface area contributed by atoms with Crippen LogP contribution in [0.1, 0.15) is 44.0 Å². The number of hydrogen-bond acceptors (Lipinski definition) is 9. The maximum Gasteiger partial charge on any atom is 0.247 e. The summed E-state index contributed by atoms with van der Waals surface area (Å²) in [6.07, 6.45) is 6.38. The Hall–Kier alpha value is -3.96. The second-order valence-electron chi connectivity index (χ2n) is 11.5. The molecule has 11 nitrogen and oxygen atoms in total. The van der Waals surface area contributed by atoms with Crippen LogP contribution in [0.5, 0.6) is 5.75 Å². The molecule has 0 aliphatic carbocycles. The topological polar surface area (TPSA) is 110 Å². The number of benzene rings is 1. The van der Waals surface area contributed by atoms with Crippen LogP contribution in [0.25, 0.3) is 5.82 Å². The molecule has 5 rings (SSSR count). The van der Waals surface area contributed by atoms with Crippen LogP contribution in [0.15, 0.2) is 37.2 Å². The highest BCUT2D eigenvalue weighted by atomic mass is 16.5. The number of morpholine rings is 1. The summed E-state index contributed by atoms with van der Waals surface area (Å²) in [5, 5.41) is 11.2. The van der Waals surface area contributed by atoms with E-state index in [2.05, 4.69) is 59.0 Å². The number of ether oxygens (including phenoxy) is 2. The van der Waals surface area contributed by atoms with Gasteiger partial charge in [-0.05, 0) is 38.6 Å². The third-order valence-corrected chi connectivity index (χ3v) is 7.36. The summed E-state index contributed by atoms with van der Waals surface area (Å²) in [6.45, 7) is 17.9. The molecule has 2 saturated heterocycles. The molecule has 1 aromatic carbocycles. The summed E-state index contributed by atoms with van der Waals surface area (Å²) < 4.78 is 13.1. The van der Waals surface area contributed by atoms with Crippen molar-refractivity contribution >= 4 is 28.9 Å². The molecule has 4 heterocycles. The molecule has 41 heavy (non-hydrogen) atoms. The Bertz CT molecular complexity index is 1420. The average molecular weight is 561 g/mol. The Morgan fingerprint density at radius 3 is 2.56 bits per heavy atom. The van der Waals surface area contributed by atoms with E-state index < -0.39 is 0 Å². The van der Waals surface area contributed by atoms with Gasteiger partial charge in [-0.25, -0.2) is 9.67 Å². The van der Waals surface area contributed by atoms with E-state index in [1.807, 2.05) is 23.7 Å². The second-order valence-corrected chi connectivity index (χ2v) is 11.5. The maximum absolute atomic E-state index is 12.3. The van der Waals surface area contributed by atoms with Crippen LogP contribution < -0.4 is 20.3 Å². The van der Waals surface area contributed by atoms with E-state index in [1.54, 1.807) is 13.3 Å². The summed E-state index contributed by atoms with van der Waals surface area (Å²) in [4.78, 5) is 26.3. The smallest absolute Gasteiger partial charge is 0.247 e.